The zero-order valence-electron chi connectivity index (χ0n) is 9.72. The largest absolute Gasteiger partial charge is 0.398 e. The van der Waals surface area contributed by atoms with Crippen LogP contribution in [-0.2, 0) is 10.0 Å². The number of thiophene rings is 1. The quantitative estimate of drug-likeness (QED) is 0.801. The number of rotatable bonds is 6. The first kappa shape index (κ1) is 12.8. The molecule has 1 saturated carbocycles. The van der Waals surface area contributed by atoms with E-state index >= 15 is 0 Å². The molecule has 0 radical (unpaired) electrons. The molecular formula is C10H17N3O2S2. The van der Waals surface area contributed by atoms with E-state index in [9.17, 15) is 8.42 Å². The molecule has 1 aromatic heterocycles. The van der Waals surface area contributed by atoms with Gasteiger partial charge in [0.15, 0.2) is 0 Å². The Morgan fingerprint density at radius 2 is 2.29 bits per heavy atom. The van der Waals surface area contributed by atoms with E-state index in [2.05, 4.69) is 9.62 Å². The van der Waals surface area contributed by atoms with Crippen LogP contribution < -0.4 is 10.5 Å². The molecule has 1 aromatic rings. The second kappa shape index (κ2) is 4.93. The van der Waals surface area contributed by atoms with Gasteiger partial charge in [-0.05, 0) is 26.0 Å². The van der Waals surface area contributed by atoms with Gasteiger partial charge in [-0.1, -0.05) is 0 Å². The summed E-state index contributed by atoms with van der Waals surface area (Å²) in [4.78, 5) is 2.19. The first-order valence-corrected chi connectivity index (χ1v) is 7.89. The van der Waals surface area contributed by atoms with Gasteiger partial charge in [0.25, 0.3) is 0 Å². The Morgan fingerprint density at radius 1 is 1.59 bits per heavy atom. The van der Waals surface area contributed by atoms with Gasteiger partial charge in [-0.2, -0.15) is 0 Å². The summed E-state index contributed by atoms with van der Waals surface area (Å²) in [6.07, 6.45) is 2.45. The van der Waals surface area contributed by atoms with Crippen LogP contribution in [0.5, 0.6) is 0 Å². The molecular weight excluding hydrogens is 258 g/mol. The predicted molar refractivity (Wildman–Crippen MR) is 69.6 cm³/mol. The van der Waals surface area contributed by atoms with E-state index in [-0.39, 0.29) is 4.21 Å². The van der Waals surface area contributed by atoms with Crippen molar-refractivity contribution in [1.82, 2.24) is 9.62 Å². The molecule has 0 amide bonds. The monoisotopic (exact) mass is 275 g/mol. The third kappa shape index (κ3) is 3.41. The Hall–Kier alpha value is -0.630. The zero-order valence-corrected chi connectivity index (χ0v) is 11.4. The zero-order chi connectivity index (χ0) is 12.5. The van der Waals surface area contributed by atoms with Crippen LogP contribution in [0.15, 0.2) is 15.7 Å². The number of hydrogen-bond acceptors (Lipinski definition) is 5. The molecule has 0 atom stereocenters. The van der Waals surface area contributed by atoms with Gasteiger partial charge in [-0.25, -0.2) is 13.1 Å². The van der Waals surface area contributed by atoms with Gasteiger partial charge in [0, 0.05) is 30.2 Å². The van der Waals surface area contributed by atoms with Gasteiger partial charge in [0.05, 0.1) is 0 Å². The highest BCUT2D eigenvalue weighted by atomic mass is 32.2. The van der Waals surface area contributed by atoms with Crippen LogP contribution in [0.3, 0.4) is 0 Å². The molecule has 0 aliphatic heterocycles. The van der Waals surface area contributed by atoms with Crippen LogP contribution in [0.1, 0.15) is 12.8 Å². The van der Waals surface area contributed by atoms with E-state index in [4.69, 9.17) is 5.73 Å². The van der Waals surface area contributed by atoms with Crippen molar-refractivity contribution in [2.24, 2.45) is 0 Å². The van der Waals surface area contributed by atoms with Gasteiger partial charge in [0.1, 0.15) is 4.21 Å². The van der Waals surface area contributed by atoms with Gasteiger partial charge >= 0.3 is 0 Å². The number of hydrogen-bond donors (Lipinski definition) is 2. The Labute approximate surface area is 106 Å². The molecule has 1 fully saturated rings. The van der Waals surface area contributed by atoms with Crippen LogP contribution in [-0.4, -0.2) is 39.5 Å². The first-order valence-electron chi connectivity index (χ1n) is 5.53. The standard InChI is InChI=1S/C10H17N3O2S2/c1-13(9-2-3-9)5-4-12-17(14,15)10-6-8(11)7-16-10/h6-7,9,12H,2-5,11H2,1H3. The second-order valence-corrected chi connectivity index (χ2v) is 7.21. The molecule has 17 heavy (non-hydrogen) atoms. The Kier molecular flexibility index (Phi) is 3.72. The predicted octanol–water partition coefficient (Wildman–Crippen LogP) is 0.703. The summed E-state index contributed by atoms with van der Waals surface area (Å²) in [6.45, 7) is 1.18. The van der Waals surface area contributed by atoms with Gasteiger partial charge in [0.2, 0.25) is 10.0 Å². The van der Waals surface area contributed by atoms with Crippen molar-refractivity contribution in [3.05, 3.63) is 11.4 Å². The van der Waals surface area contributed by atoms with Gasteiger partial charge in [-0.15, -0.1) is 11.3 Å². The highest BCUT2D eigenvalue weighted by molar-refractivity contribution is 7.91. The lowest BCUT2D eigenvalue weighted by atomic mass is 10.5. The van der Waals surface area contributed by atoms with E-state index in [1.807, 2.05) is 7.05 Å². The van der Waals surface area contributed by atoms with E-state index in [0.29, 0.717) is 18.3 Å². The summed E-state index contributed by atoms with van der Waals surface area (Å²) in [5.41, 5.74) is 6.00. The van der Waals surface area contributed by atoms with Crippen LogP contribution in [0.2, 0.25) is 0 Å². The fourth-order valence-electron chi connectivity index (χ4n) is 1.60. The number of nitrogens with one attached hydrogen (secondary N) is 1. The lowest BCUT2D eigenvalue weighted by molar-refractivity contribution is 0.329. The van der Waals surface area contributed by atoms with Gasteiger partial charge < -0.3 is 10.6 Å². The second-order valence-electron chi connectivity index (χ2n) is 4.31. The fraction of sp³-hybridized carbons (Fsp3) is 0.600. The van der Waals surface area contributed by atoms with E-state index in [1.165, 1.54) is 18.9 Å². The molecule has 0 spiro atoms. The van der Waals surface area contributed by atoms with E-state index in [1.54, 1.807) is 5.38 Å². The lowest BCUT2D eigenvalue weighted by Gasteiger charge is -2.15. The number of likely N-dealkylation sites (N-methyl/N-ethyl adjacent to an activating group) is 1. The summed E-state index contributed by atoms with van der Waals surface area (Å²) >= 11 is 1.14. The summed E-state index contributed by atoms with van der Waals surface area (Å²) in [6, 6.07) is 2.13. The summed E-state index contributed by atoms with van der Waals surface area (Å²) in [5.74, 6) is 0. The first-order chi connectivity index (χ1) is 7.99. The SMILES string of the molecule is CN(CCNS(=O)(=O)c1cc(N)cs1)C1CC1. The molecule has 1 heterocycles. The minimum atomic E-state index is -3.38. The average molecular weight is 275 g/mol. The van der Waals surface area contributed by atoms with Crippen LogP contribution >= 0.6 is 11.3 Å². The minimum absolute atomic E-state index is 0.282. The molecule has 2 rings (SSSR count). The smallest absolute Gasteiger partial charge is 0.250 e. The fourth-order valence-corrected chi connectivity index (χ4v) is 3.74. The highest BCUT2D eigenvalue weighted by Gasteiger charge is 2.26. The molecule has 0 unspecified atom stereocenters. The molecule has 5 nitrogen and oxygen atoms in total. The molecule has 7 heteroatoms. The maximum absolute atomic E-state index is 11.8. The number of sulfonamides is 1. The summed E-state index contributed by atoms with van der Waals surface area (Å²) in [7, 11) is -1.36. The molecule has 0 saturated heterocycles. The molecule has 1 aliphatic rings. The van der Waals surface area contributed by atoms with E-state index < -0.39 is 10.0 Å². The summed E-state index contributed by atoms with van der Waals surface area (Å²) in [5, 5.41) is 1.63. The Morgan fingerprint density at radius 3 is 2.82 bits per heavy atom. The Balaban J connectivity index is 1.85. The Bertz CT molecular complexity index is 479. The third-order valence-corrected chi connectivity index (χ3v) is 5.71. The number of nitrogens with two attached hydrogens (primary N) is 1. The van der Waals surface area contributed by atoms with Crippen molar-refractivity contribution in [2.75, 3.05) is 25.9 Å². The number of nitrogen functional groups attached to an aromatic ring is 1. The van der Waals surface area contributed by atoms with Crippen LogP contribution in [0, 0.1) is 0 Å². The highest BCUT2D eigenvalue weighted by Crippen LogP contribution is 2.25. The maximum Gasteiger partial charge on any atom is 0.250 e. The topological polar surface area (TPSA) is 75.4 Å². The molecule has 96 valence electrons. The number of anilines is 1. The van der Waals surface area contributed by atoms with Crippen molar-refractivity contribution in [3.63, 3.8) is 0 Å². The maximum atomic E-state index is 11.8. The van der Waals surface area contributed by atoms with Gasteiger partial charge in [-0.3, -0.25) is 0 Å². The molecule has 3 N–H and O–H groups in total. The lowest BCUT2D eigenvalue weighted by Crippen LogP contribution is -2.33. The normalized spacial score (nSPS) is 16.6. The average Bonchev–Trinajstić information content (AvgIpc) is 3.01. The van der Waals surface area contributed by atoms with Crippen molar-refractivity contribution < 1.29 is 8.42 Å². The van der Waals surface area contributed by atoms with Crippen molar-refractivity contribution in [2.45, 2.75) is 23.1 Å². The van der Waals surface area contributed by atoms with Crippen molar-refractivity contribution in [3.8, 4) is 0 Å². The van der Waals surface area contributed by atoms with Crippen LogP contribution in [0.4, 0.5) is 5.69 Å². The van der Waals surface area contributed by atoms with Crippen molar-refractivity contribution >= 4 is 27.0 Å². The molecule has 0 aromatic carbocycles. The number of nitrogens with zero attached hydrogens (tertiary/aromatic N) is 1. The summed E-state index contributed by atoms with van der Waals surface area (Å²) < 4.78 is 26.5. The third-order valence-electron chi connectivity index (χ3n) is 2.79. The van der Waals surface area contributed by atoms with E-state index in [0.717, 1.165) is 17.9 Å². The minimum Gasteiger partial charge on any atom is -0.398 e. The molecule has 0 bridgehead atoms. The van der Waals surface area contributed by atoms with Crippen molar-refractivity contribution in [1.29, 1.82) is 0 Å². The molecule has 1 aliphatic carbocycles. The van der Waals surface area contributed by atoms with Crippen LogP contribution in [0.25, 0.3) is 0 Å².